The smallest absolute Gasteiger partial charge is 0.223 e. The van der Waals surface area contributed by atoms with Gasteiger partial charge in [0.1, 0.15) is 5.52 Å². The fourth-order valence-electron chi connectivity index (χ4n) is 4.58. The minimum atomic E-state index is -2.97. The SMILES string of the molecule is Cc1cc(-c2ccc3c(c2)CCS(=O)(=O)C3)nc2cnc(NC3CCC(N)CC3)nc12. The Morgan fingerprint density at radius 3 is 2.68 bits per heavy atom. The lowest BCUT2D eigenvalue weighted by Crippen LogP contribution is -2.33. The number of fused-ring (bicyclic) bond motifs is 2. The van der Waals surface area contributed by atoms with E-state index in [9.17, 15) is 8.42 Å². The first kappa shape index (κ1) is 20.3. The van der Waals surface area contributed by atoms with E-state index >= 15 is 0 Å². The lowest BCUT2D eigenvalue weighted by molar-refractivity contribution is 0.410. The maximum absolute atomic E-state index is 11.9. The van der Waals surface area contributed by atoms with Gasteiger partial charge in [0.15, 0.2) is 9.84 Å². The van der Waals surface area contributed by atoms with Gasteiger partial charge >= 0.3 is 0 Å². The molecule has 1 aromatic carbocycles. The van der Waals surface area contributed by atoms with Crippen LogP contribution in [0.4, 0.5) is 5.95 Å². The number of nitrogens with two attached hydrogens (primary N) is 1. The maximum atomic E-state index is 11.9. The number of anilines is 1. The summed E-state index contributed by atoms with van der Waals surface area (Å²) in [6.07, 6.45) is 6.48. The van der Waals surface area contributed by atoms with E-state index in [2.05, 4.69) is 16.4 Å². The molecule has 1 aliphatic carbocycles. The van der Waals surface area contributed by atoms with E-state index in [1.54, 1.807) is 6.20 Å². The Kier molecular flexibility index (Phi) is 5.14. The molecule has 0 saturated heterocycles. The third-order valence-electron chi connectivity index (χ3n) is 6.40. The molecule has 0 unspecified atom stereocenters. The highest BCUT2D eigenvalue weighted by atomic mass is 32.2. The Labute approximate surface area is 182 Å². The second-order valence-corrected chi connectivity index (χ2v) is 11.0. The number of sulfone groups is 1. The van der Waals surface area contributed by atoms with Gasteiger partial charge in [-0.3, -0.25) is 0 Å². The second-order valence-electron chi connectivity index (χ2n) is 8.83. The molecule has 7 nitrogen and oxygen atoms in total. The largest absolute Gasteiger partial charge is 0.351 e. The van der Waals surface area contributed by atoms with E-state index in [1.165, 1.54) is 0 Å². The summed E-state index contributed by atoms with van der Waals surface area (Å²) < 4.78 is 23.8. The Morgan fingerprint density at radius 1 is 1.06 bits per heavy atom. The van der Waals surface area contributed by atoms with Crippen LogP contribution >= 0.6 is 0 Å². The minimum Gasteiger partial charge on any atom is -0.351 e. The van der Waals surface area contributed by atoms with Crippen molar-refractivity contribution < 1.29 is 8.42 Å². The van der Waals surface area contributed by atoms with Crippen molar-refractivity contribution in [2.75, 3.05) is 11.1 Å². The number of hydrogen-bond donors (Lipinski definition) is 2. The van der Waals surface area contributed by atoms with Gasteiger partial charge in [-0.15, -0.1) is 0 Å². The van der Waals surface area contributed by atoms with Gasteiger partial charge in [-0.1, -0.05) is 12.1 Å². The third kappa shape index (κ3) is 4.27. The summed E-state index contributed by atoms with van der Waals surface area (Å²) >= 11 is 0. The molecule has 5 rings (SSSR count). The average molecular weight is 438 g/mol. The van der Waals surface area contributed by atoms with Crippen molar-refractivity contribution in [3.63, 3.8) is 0 Å². The molecular formula is C23H27N5O2S. The number of benzene rings is 1. The van der Waals surface area contributed by atoms with E-state index in [1.807, 2.05) is 25.1 Å². The molecule has 1 aliphatic heterocycles. The van der Waals surface area contributed by atoms with Crippen LogP contribution < -0.4 is 11.1 Å². The topological polar surface area (TPSA) is 111 Å². The van der Waals surface area contributed by atoms with Gasteiger partial charge in [0.25, 0.3) is 0 Å². The quantitative estimate of drug-likeness (QED) is 0.647. The zero-order chi connectivity index (χ0) is 21.6. The van der Waals surface area contributed by atoms with Crippen molar-refractivity contribution in [3.05, 3.63) is 47.2 Å². The van der Waals surface area contributed by atoms with E-state index in [-0.39, 0.29) is 11.5 Å². The number of nitrogens with one attached hydrogen (secondary N) is 1. The highest BCUT2D eigenvalue weighted by molar-refractivity contribution is 7.90. The molecule has 0 amide bonds. The third-order valence-corrected chi connectivity index (χ3v) is 7.98. The monoisotopic (exact) mass is 437 g/mol. The van der Waals surface area contributed by atoms with Gasteiger partial charge in [0, 0.05) is 17.6 Å². The molecule has 8 heteroatoms. The summed E-state index contributed by atoms with van der Waals surface area (Å²) in [5, 5.41) is 3.45. The fourth-order valence-corrected chi connectivity index (χ4v) is 6.01. The number of nitrogens with zero attached hydrogens (tertiary/aromatic N) is 3. The van der Waals surface area contributed by atoms with Crippen molar-refractivity contribution in [3.8, 4) is 11.3 Å². The summed E-state index contributed by atoms with van der Waals surface area (Å²) in [7, 11) is -2.97. The van der Waals surface area contributed by atoms with Crippen molar-refractivity contribution in [1.82, 2.24) is 15.0 Å². The van der Waals surface area contributed by atoms with Crippen LogP contribution in [0.1, 0.15) is 42.4 Å². The van der Waals surface area contributed by atoms with Crippen molar-refractivity contribution in [2.24, 2.45) is 5.73 Å². The predicted octanol–water partition coefficient (Wildman–Crippen LogP) is 3.15. The molecule has 0 radical (unpaired) electrons. The Morgan fingerprint density at radius 2 is 1.87 bits per heavy atom. The van der Waals surface area contributed by atoms with Crippen LogP contribution in [0.5, 0.6) is 0 Å². The van der Waals surface area contributed by atoms with Gasteiger partial charge in [-0.05, 0) is 67.9 Å². The molecule has 3 heterocycles. The number of aromatic nitrogens is 3. The highest BCUT2D eigenvalue weighted by Gasteiger charge is 2.22. The summed E-state index contributed by atoms with van der Waals surface area (Å²) in [5.74, 6) is 0.980. The lowest BCUT2D eigenvalue weighted by Gasteiger charge is -2.26. The molecule has 1 saturated carbocycles. The zero-order valence-corrected chi connectivity index (χ0v) is 18.5. The van der Waals surface area contributed by atoms with Gasteiger partial charge in [0.05, 0.1) is 28.9 Å². The average Bonchev–Trinajstić information content (AvgIpc) is 2.75. The Bertz CT molecular complexity index is 1250. The lowest BCUT2D eigenvalue weighted by atomic mass is 9.92. The number of rotatable bonds is 3. The summed E-state index contributed by atoms with van der Waals surface area (Å²) in [4.78, 5) is 14.0. The van der Waals surface area contributed by atoms with E-state index < -0.39 is 9.84 Å². The first-order valence-electron chi connectivity index (χ1n) is 10.9. The molecule has 3 aromatic rings. The molecule has 0 atom stereocenters. The minimum absolute atomic E-state index is 0.128. The molecular weight excluding hydrogens is 410 g/mol. The van der Waals surface area contributed by atoms with E-state index in [4.69, 9.17) is 15.7 Å². The van der Waals surface area contributed by atoms with Crippen LogP contribution in [-0.2, 0) is 22.0 Å². The number of hydrogen-bond acceptors (Lipinski definition) is 7. The molecule has 2 aromatic heterocycles. The van der Waals surface area contributed by atoms with Crippen LogP contribution in [0.3, 0.4) is 0 Å². The fraction of sp³-hybridized carbons (Fsp3) is 0.435. The van der Waals surface area contributed by atoms with Crippen LogP contribution in [0, 0.1) is 6.92 Å². The summed E-state index contributed by atoms with van der Waals surface area (Å²) in [5.41, 5.74) is 12.5. The van der Waals surface area contributed by atoms with Gasteiger partial charge < -0.3 is 11.1 Å². The molecule has 0 spiro atoms. The van der Waals surface area contributed by atoms with Crippen LogP contribution in [0.2, 0.25) is 0 Å². The molecule has 1 fully saturated rings. The zero-order valence-electron chi connectivity index (χ0n) is 17.6. The van der Waals surface area contributed by atoms with E-state index in [0.717, 1.165) is 64.7 Å². The van der Waals surface area contributed by atoms with Crippen LogP contribution in [0.25, 0.3) is 22.3 Å². The van der Waals surface area contributed by atoms with Crippen molar-refractivity contribution >= 4 is 26.8 Å². The summed E-state index contributed by atoms with van der Waals surface area (Å²) in [6, 6.07) is 8.67. The van der Waals surface area contributed by atoms with Gasteiger partial charge in [-0.2, -0.15) is 0 Å². The highest BCUT2D eigenvalue weighted by Crippen LogP contribution is 2.29. The molecule has 0 bridgehead atoms. The molecule has 2 aliphatic rings. The summed E-state index contributed by atoms with van der Waals surface area (Å²) in [6.45, 7) is 2.04. The van der Waals surface area contributed by atoms with Crippen LogP contribution in [-0.4, -0.2) is 41.2 Å². The van der Waals surface area contributed by atoms with Crippen LogP contribution in [0.15, 0.2) is 30.5 Å². The molecule has 162 valence electrons. The van der Waals surface area contributed by atoms with Crippen molar-refractivity contribution in [1.29, 1.82) is 0 Å². The van der Waals surface area contributed by atoms with Gasteiger partial charge in [0.2, 0.25) is 5.95 Å². The Balaban J connectivity index is 1.42. The second kappa shape index (κ2) is 7.84. The first-order chi connectivity index (χ1) is 14.9. The maximum Gasteiger partial charge on any atom is 0.223 e. The first-order valence-corrected chi connectivity index (χ1v) is 12.7. The predicted molar refractivity (Wildman–Crippen MR) is 123 cm³/mol. The molecule has 3 N–H and O–H groups in total. The molecule has 31 heavy (non-hydrogen) atoms. The van der Waals surface area contributed by atoms with Crippen molar-refractivity contribution in [2.45, 2.75) is 56.9 Å². The number of pyridine rings is 1. The normalized spacial score (nSPS) is 22.8. The number of aryl methyl sites for hydroxylation is 2. The van der Waals surface area contributed by atoms with E-state index in [0.29, 0.717) is 24.5 Å². The Hall–Kier alpha value is -2.58. The standard InChI is InChI=1S/C23H27N5O2S/c1-14-10-20(16-2-3-17-13-31(29,30)9-8-15(17)11-16)27-21-12-25-23(28-22(14)21)26-19-6-4-18(24)5-7-19/h2-3,10-12,18-19H,4-9,13,24H2,1H3,(H,25,26,28). The van der Waals surface area contributed by atoms with Gasteiger partial charge in [-0.25, -0.2) is 23.4 Å².